The van der Waals surface area contributed by atoms with Crippen LogP contribution in [0.5, 0.6) is 0 Å². The maximum absolute atomic E-state index is 12.9. The predicted molar refractivity (Wildman–Crippen MR) is 110 cm³/mol. The van der Waals surface area contributed by atoms with Crippen LogP contribution in [0.3, 0.4) is 0 Å². The van der Waals surface area contributed by atoms with Crippen LogP contribution in [0.2, 0.25) is 5.02 Å². The van der Waals surface area contributed by atoms with Crippen LogP contribution in [0, 0.1) is 11.3 Å². The molecule has 2 aromatic carbocycles. The molecule has 0 aromatic heterocycles. The summed E-state index contributed by atoms with van der Waals surface area (Å²) in [5.74, 6) is 0. The second-order valence-electron chi connectivity index (χ2n) is 6.69. The number of sulfonamides is 1. The fourth-order valence-electron chi connectivity index (χ4n) is 3.24. The van der Waals surface area contributed by atoms with Gasteiger partial charge in [0.05, 0.1) is 16.5 Å². The molecule has 2 amide bonds. The maximum atomic E-state index is 12.9. The van der Waals surface area contributed by atoms with Gasteiger partial charge >= 0.3 is 6.03 Å². The lowest BCUT2D eigenvalue weighted by Crippen LogP contribution is -2.53. The minimum absolute atomic E-state index is 0.00672. The van der Waals surface area contributed by atoms with Gasteiger partial charge < -0.3 is 10.2 Å². The van der Waals surface area contributed by atoms with Gasteiger partial charge in [-0.15, -0.1) is 0 Å². The first-order valence-electron chi connectivity index (χ1n) is 9.13. The summed E-state index contributed by atoms with van der Waals surface area (Å²) in [4.78, 5) is 14.2. The lowest BCUT2D eigenvalue weighted by atomic mass is 10.1. The van der Waals surface area contributed by atoms with Gasteiger partial charge in [-0.05, 0) is 30.7 Å². The first kappa shape index (κ1) is 21.1. The van der Waals surface area contributed by atoms with Crippen LogP contribution in [0.15, 0.2) is 53.4 Å². The highest BCUT2D eigenvalue weighted by Crippen LogP contribution is 2.23. The van der Waals surface area contributed by atoms with Gasteiger partial charge in [0.1, 0.15) is 6.07 Å². The van der Waals surface area contributed by atoms with Crippen molar-refractivity contribution in [3.8, 4) is 6.07 Å². The van der Waals surface area contributed by atoms with Gasteiger partial charge in [0.15, 0.2) is 0 Å². The molecule has 3 rings (SSSR count). The number of hydrogen-bond donors (Lipinski definition) is 1. The van der Waals surface area contributed by atoms with Crippen molar-refractivity contribution in [1.82, 2.24) is 14.5 Å². The zero-order chi connectivity index (χ0) is 21.0. The van der Waals surface area contributed by atoms with Crippen molar-refractivity contribution in [2.24, 2.45) is 0 Å². The molecule has 9 heteroatoms. The third-order valence-electron chi connectivity index (χ3n) is 4.86. The molecule has 1 saturated heterocycles. The quantitative estimate of drug-likeness (QED) is 0.803. The highest BCUT2D eigenvalue weighted by molar-refractivity contribution is 7.89. The van der Waals surface area contributed by atoms with Gasteiger partial charge in [0, 0.05) is 31.2 Å². The molecule has 1 heterocycles. The smallest absolute Gasteiger partial charge is 0.317 e. The molecule has 152 valence electrons. The molecule has 1 aliphatic rings. The van der Waals surface area contributed by atoms with Crippen molar-refractivity contribution < 1.29 is 13.2 Å². The largest absolute Gasteiger partial charge is 0.331 e. The van der Waals surface area contributed by atoms with E-state index in [2.05, 4.69) is 5.32 Å². The second-order valence-corrected chi connectivity index (χ2v) is 9.01. The zero-order valence-electron chi connectivity index (χ0n) is 15.9. The SMILES string of the molecule is CC(NC(=O)N1CCN(S(=O)(=O)c2ccccc2C#N)CC1)c1ccccc1Cl. The Kier molecular flexibility index (Phi) is 6.42. The number of nitrogens with one attached hydrogen (secondary N) is 1. The number of carbonyl (C=O) groups is 1. The van der Waals surface area contributed by atoms with Gasteiger partial charge in [0.2, 0.25) is 10.0 Å². The number of nitrogens with zero attached hydrogens (tertiary/aromatic N) is 3. The minimum Gasteiger partial charge on any atom is -0.331 e. The van der Waals surface area contributed by atoms with E-state index in [4.69, 9.17) is 11.6 Å². The Hall–Kier alpha value is -2.60. The molecule has 1 aliphatic heterocycles. The van der Waals surface area contributed by atoms with Crippen LogP contribution in [0.25, 0.3) is 0 Å². The van der Waals surface area contributed by atoms with E-state index in [1.165, 1.54) is 16.4 Å². The topological polar surface area (TPSA) is 93.5 Å². The standard InChI is InChI=1S/C20H21ClN4O3S/c1-15(17-7-3-4-8-18(17)21)23-20(26)24-10-12-25(13-11-24)29(27,28)19-9-5-2-6-16(19)14-22/h2-9,15H,10-13H2,1H3,(H,23,26). The first-order valence-corrected chi connectivity index (χ1v) is 11.0. The number of amides is 2. The van der Waals surface area contributed by atoms with Gasteiger partial charge in [-0.25, -0.2) is 13.2 Å². The summed E-state index contributed by atoms with van der Waals surface area (Å²) in [6.07, 6.45) is 0. The lowest BCUT2D eigenvalue weighted by Gasteiger charge is -2.34. The monoisotopic (exact) mass is 432 g/mol. The van der Waals surface area contributed by atoms with Gasteiger partial charge in [-0.3, -0.25) is 0 Å². The van der Waals surface area contributed by atoms with Crippen LogP contribution >= 0.6 is 11.6 Å². The molecule has 0 aliphatic carbocycles. The Morgan fingerprint density at radius 1 is 1.10 bits per heavy atom. The Morgan fingerprint density at radius 2 is 1.72 bits per heavy atom. The second kappa shape index (κ2) is 8.82. The predicted octanol–water partition coefficient (Wildman–Crippen LogP) is 2.99. The molecule has 0 bridgehead atoms. The molecule has 0 spiro atoms. The Labute approximate surface area is 175 Å². The van der Waals surface area contributed by atoms with Crippen molar-refractivity contribution in [2.45, 2.75) is 17.9 Å². The molecule has 0 radical (unpaired) electrons. The third-order valence-corrected chi connectivity index (χ3v) is 7.16. The number of carbonyl (C=O) groups excluding carboxylic acids is 1. The molecule has 2 aromatic rings. The Bertz CT molecular complexity index is 1040. The minimum atomic E-state index is -3.79. The molecule has 1 N–H and O–H groups in total. The third kappa shape index (κ3) is 4.53. The Balaban J connectivity index is 1.64. The number of rotatable bonds is 4. The van der Waals surface area contributed by atoms with Crippen molar-refractivity contribution in [2.75, 3.05) is 26.2 Å². The van der Waals surface area contributed by atoms with Crippen LogP contribution in [0.1, 0.15) is 24.1 Å². The van der Waals surface area contributed by atoms with E-state index < -0.39 is 10.0 Å². The van der Waals surface area contributed by atoms with Crippen molar-refractivity contribution >= 4 is 27.7 Å². The van der Waals surface area contributed by atoms with Crippen molar-refractivity contribution in [1.29, 1.82) is 5.26 Å². The fourth-order valence-corrected chi connectivity index (χ4v) is 5.10. The number of hydrogen-bond acceptors (Lipinski definition) is 4. The normalized spacial score (nSPS) is 16.1. The summed E-state index contributed by atoms with van der Waals surface area (Å²) in [6, 6.07) is 14.8. The molecule has 1 atom stereocenters. The summed E-state index contributed by atoms with van der Waals surface area (Å²) < 4.78 is 27.1. The highest BCUT2D eigenvalue weighted by atomic mass is 35.5. The average molecular weight is 433 g/mol. The van der Waals surface area contributed by atoms with E-state index in [1.54, 1.807) is 23.1 Å². The summed E-state index contributed by atoms with van der Waals surface area (Å²) in [7, 11) is -3.79. The molecular formula is C20H21ClN4O3S. The first-order chi connectivity index (χ1) is 13.8. The van der Waals surface area contributed by atoms with Crippen molar-refractivity contribution in [3.05, 3.63) is 64.7 Å². The maximum Gasteiger partial charge on any atom is 0.317 e. The van der Waals surface area contributed by atoms with Crippen molar-refractivity contribution in [3.63, 3.8) is 0 Å². The van der Waals surface area contributed by atoms with E-state index in [1.807, 2.05) is 31.2 Å². The van der Waals surface area contributed by atoms with E-state index in [-0.39, 0.29) is 48.7 Å². The van der Waals surface area contributed by atoms with Crippen LogP contribution in [-0.2, 0) is 10.0 Å². The van der Waals surface area contributed by atoms with Crippen LogP contribution in [0.4, 0.5) is 4.79 Å². The summed E-state index contributed by atoms with van der Waals surface area (Å²) in [5.41, 5.74) is 0.929. The average Bonchev–Trinajstić information content (AvgIpc) is 2.74. The summed E-state index contributed by atoms with van der Waals surface area (Å²) >= 11 is 6.18. The van der Waals surface area contributed by atoms with E-state index >= 15 is 0 Å². The Morgan fingerprint density at radius 3 is 2.38 bits per heavy atom. The van der Waals surface area contributed by atoms with Crippen LogP contribution in [-0.4, -0.2) is 49.8 Å². The van der Waals surface area contributed by atoms with Crippen LogP contribution < -0.4 is 5.32 Å². The van der Waals surface area contributed by atoms with E-state index in [0.717, 1.165) is 5.56 Å². The zero-order valence-corrected chi connectivity index (χ0v) is 17.4. The number of halogens is 1. The van der Waals surface area contributed by atoms with E-state index in [0.29, 0.717) is 5.02 Å². The summed E-state index contributed by atoms with van der Waals surface area (Å²) in [5, 5.41) is 12.7. The number of nitriles is 1. The van der Waals surface area contributed by atoms with Gasteiger partial charge in [0.25, 0.3) is 0 Å². The number of urea groups is 1. The highest BCUT2D eigenvalue weighted by Gasteiger charge is 2.32. The van der Waals surface area contributed by atoms with E-state index in [9.17, 15) is 18.5 Å². The molecule has 1 fully saturated rings. The van der Waals surface area contributed by atoms with Gasteiger partial charge in [-0.2, -0.15) is 9.57 Å². The number of piperazine rings is 1. The molecule has 0 saturated carbocycles. The number of benzene rings is 2. The molecule has 1 unspecified atom stereocenters. The fraction of sp³-hybridized carbons (Fsp3) is 0.300. The molecule has 7 nitrogen and oxygen atoms in total. The molecule has 29 heavy (non-hydrogen) atoms. The molecular weight excluding hydrogens is 412 g/mol. The lowest BCUT2D eigenvalue weighted by molar-refractivity contribution is 0.169. The van der Waals surface area contributed by atoms with Gasteiger partial charge in [-0.1, -0.05) is 41.9 Å². The summed E-state index contributed by atoms with van der Waals surface area (Å²) in [6.45, 7) is 2.69.